The molecule has 0 bridgehead atoms. The maximum atomic E-state index is 13.4. The number of benzene rings is 2. The van der Waals surface area contributed by atoms with Gasteiger partial charge >= 0.3 is 0 Å². The maximum Gasteiger partial charge on any atom is 0.257 e. The van der Waals surface area contributed by atoms with Crippen molar-refractivity contribution >= 4 is 11.6 Å². The van der Waals surface area contributed by atoms with E-state index in [1.807, 2.05) is 0 Å². The Balaban J connectivity index is 1.89. The summed E-state index contributed by atoms with van der Waals surface area (Å²) in [6.07, 6.45) is 3.04. The third-order valence-corrected chi connectivity index (χ3v) is 3.96. The Morgan fingerprint density at radius 1 is 1.12 bits per heavy atom. The minimum Gasteiger partial charge on any atom is -0.504 e. The molecule has 0 radical (unpaired) electrons. The molecule has 0 aliphatic heterocycles. The summed E-state index contributed by atoms with van der Waals surface area (Å²) < 4.78 is 18.5. The molecule has 6 heteroatoms. The molecule has 0 unspecified atom stereocenters. The summed E-state index contributed by atoms with van der Waals surface area (Å²) in [7, 11) is 1.46. The van der Waals surface area contributed by atoms with Crippen molar-refractivity contribution in [3.05, 3.63) is 71.8 Å². The number of phenols is 1. The van der Waals surface area contributed by atoms with E-state index in [9.17, 15) is 14.3 Å². The van der Waals surface area contributed by atoms with Gasteiger partial charge in [-0.05, 0) is 48.4 Å². The molecular weight excluding hydrogens is 335 g/mol. The van der Waals surface area contributed by atoms with Crippen LogP contribution >= 0.6 is 0 Å². The predicted octanol–water partition coefficient (Wildman–Crippen LogP) is 4.16. The van der Waals surface area contributed by atoms with Gasteiger partial charge in [0.1, 0.15) is 5.82 Å². The van der Waals surface area contributed by atoms with Crippen LogP contribution in [-0.2, 0) is 0 Å². The van der Waals surface area contributed by atoms with Crippen molar-refractivity contribution in [2.45, 2.75) is 6.92 Å². The number of rotatable bonds is 4. The van der Waals surface area contributed by atoms with Crippen LogP contribution < -0.4 is 10.1 Å². The van der Waals surface area contributed by atoms with Crippen molar-refractivity contribution < 1.29 is 19.0 Å². The quantitative estimate of drug-likeness (QED) is 0.739. The van der Waals surface area contributed by atoms with Gasteiger partial charge in [-0.15, -0.1) is 0 Å². The molecule has 0 spiro atoms. The highest BCUT2D eigenvalue weighted by atomic mass is 19.1. The topological polar surface area (TPSA) is 71.5 Å². The number of amides is 1. The summed E-state index contributed by atoms with van der Waals surface area (Å²) in [6, 6.07) is 10.8. The number of phenolic OH excluding ortho intramolecular Hbond substituents is 1. The van der Waals surface area contributed by atoms with Crippen molar-refractivity contribution in [1.29, 1.82) is 0 Å². The molecule has 0 aliphatic carbocycles. The van der Waals surface area contributed by atoms with E-state index in [2.05, 4.69) is 10.3 Å². The van der Waals surface area contributed by atoms with Crippen molar-refractivity contribution in [3.63, 3.8) is 0 Å². The first-order valence-electron chi connectivity index (χ1n) is 7.88. The minimum absolute atomic E-state index is 0.0275. The summed E-state index contributed by atoms with van der Waals surface area (Å²) in [4.78, 5) is 16.6. The largest absolute Gasteiger partial charge is 0.504 e. The van der Waals surface area contributed by atoms with Crippen LogP contribution in [0.3, 0.4) is 0 Å². The fourth-order valence-electron chi connectivity index (χ4n) is 2.50. The van der Waals surface area contributed by atoms with Crippen LogP contribution in [0.2, 0.25) is 0 Å². The van der Waals surface area contributed by atoms with Gasteiger partial charge in [0.2, 0.25) is 0 Å². The van der Waals surface area contributed by atoms with Crippen LogP contribution in [0.1, 0.15) is 15.9 Å². The molecule has 0 aliphatic rings. The lowest BCUT2D eigenvalue weighted by atomic mass is 10.0. The number of aromatic hydroxyl groups is 1. The molecular formula is C20H17FN2O3. The smallest absolute Gasteiger partial charge is 0.257 e. The van der Waals surface area contributed by atoms with E-state index in [1.165, 1.54) is 31.5 Å². The Morgan fingerprint density at radius 3 is 2.69 bits per heavy atom. The van der Waals surface area contributed by atoms with E-state index < -0.39 is 11.7 Å². The average Bonchev–Trinajstić information content (AvgIpc) is 2.65. The van der Waals surface area contributed by atoms with E-state index in [-0.39, 0.29) is 5.75 Å². The zero-order chi connectivity index (χ0) is 18.7. The van der Waals surface area contributed by atoms with Crippen molar-refractivity contribution in [3.8, 4) is 22.6 Å². The van der Waals surface area contributed by atoms with Gasteiger partial charge in [0.05, 0.1) is 12.7 Å². The molecule has 3 rings (SSSR count). The summed E-state index contributed by atoms with van der Waals surface area (Å²) in [5.41, 5.74) is 2.92. The number of carbonyl (C=O) groups excluding carboxylic acids is 1. The van der Waals surface area contributed by atoms with E-state index in [0.29, 0.717) is 22.6 Å². The second-order valence-electron chi connectivity index (χ2n) is 5.76. The monoisotopic (exact) mass is 352 g/mol. The number of aryl methyl sites for hydroxylation is 1. The van der Waals surface area contributed by atoms with E-state index in [0.717, 1.165) is 11.1 Å². The number of nitrogens with zero attached hydrogens (tertiary/aromatic N) is 1. The zero-order valence-electron chi connectivity index (χ0n) is 14.3. The normalized spacial score (nSPS) is 10.4. The third kappa shape index (κ3) is 3.64. The number of hydrogen-bond acceptors (Lipinski definition) is 4. The first-order valence-corrected chi connectivity index (χ1v) is 7.88. The van der Waals surface area contributed by atoms with Gasteiger partial charge in [0.15, 0.2) is 11.5 Å². The molecule has 26 heavy (non-hydrogen) atoms. The molecule has 132 valence electrons. The summed E-state index contributed by atoms with van der Waals surface area (Å²) >= 11 is 0. The molecule has 1 amide bonds. The van der Waals surface area contributed by atoms with Crippen LogP contribution in [0.15, 0.2) is 54.9 Å². The van der Waals surface area contributed by atoms with Crippen LogP contribution in [0, 0.1) is 12.7 Å². The zero-order valence-corrected chi connectivity index (χ0v) is 14.3. The van der Waals surface area contributed by atoms with Crippen molar-refractivity contribution in [2.75, 3.05) is 12.4 Å². The summed E-state index contributed by atoms with van der Waals surface area (Å²) in [5, 5.41) is 12.4. The fourth-order valence-corrected chi connectivity index (χ4v) is 2.50. The molecule has 0 saturated heterocycles. The van der Waals surface area contributed by atoms with Gasteiger partial charge in [-0.1, -0.05) is 12.1 Å². The van der Waals surface area contributed by atoms with Crippen molar-refractivity contribution in [2.24, 2.45) is 0 Å². The number of carbonyl (C=O) groups is 1. The number of aromatic nitrogens is 1. The van der Waals surface area contributed by atoms with E-state index in [1.54, 1.807) is 37.4 Å². The molecule has 0 atom stereocenters. The fraction of sp³-hybridized carbons (Fsp3) is 0.100. The second-order valence-corrected chi connectivity index (χ2v) is 5.76. The first kappa shape index (κ1) is 17.4. The highest BCUT2D eigenvalue weighted by Crippen LogP contribution is 2.31. The van der Waals surface area contributed by atoms with Crippen LogP contribution in [0.25, 0.3) is 11.1 Å². The van der Waals surface area contributed by atoms with Gasteiger partial charge < -0.3 is 15.2 Å². The Morgan fingerprint density at radius 2 is 1.92 bits per heavy atom. The molecule has 3 aromatic rings. The highest BCUT2D eigenvalue weighted by molar-refractivity contribution is 6.05. The maximum absolute atomic E-state index is 13.4. The van der Waals surface area contributed by atoms with E-state index in [4.69, 9.17) is 4.74 Å². The number of hydrogen-bond donors (Lipinski definition) is 2. The molecule has 0 saturated carbocycles. The Bertz CT molecular complexity index is 973. The van der Waals surface area contributed by atoms with Crippen LogP contribution in [0.4, 0.5) is 10.1 Å². The van der Waals surface area contributed by atoms with Crippen LogP contribution in [-0.4, -0.2) is 23.1 Å². The van der Waals surface area contributed by atoms with Gasteiger partial charge in [0.25, 0.3) is 5.91 Å². The number of ether oxygens (including phenoxy) is 1. The number of nitrogens with one attached hydrogen (secondary N) is 1. The van der Waals surface area contributed by atoms with Gasteiger partial charge in [0, 0.05) is 23.6 Å². The standard InChI is InChI=1S/C20H17FN2O3/c1-12-3-5-16(21)9-17(12)23-20(25)15-7-14(10-22-11-15)13-4-6-18(24)19(8-13)26-2/h3-11,24H,1-2H3,(H,23,25). The minimum atomic E-state index is -0.422. The van der Waals surface area contributed by atoms with Crippen LogP contribution in [0.5, 0.6) is 11.5 Å². The number of anilines is 1. The van der Waals surface area contributed by atoms with Crippen molar-refractivity contribution in [1.82, 2.24) is 4.98 Å². The lowest BCUT2D eigenvalue weighted by Gasteiger charge is -2.10. The second kappa shape index (κ2) is 7.23. The van der Waals surface area contributed by atoms with Gasteiger partial charge in [-0.2, -0.15) is 0 Å². The number of methoxy groups -OCH3 is 1. The molecule has 1 heterocycles. The number of halogens is 1. The molecule has 2 N–H and O–H groups in total. The Labute approximate surface area is 150 Å². The highest BCUT2D eigenvalue weighted by Gasteiger charge is 2.11. The molecule has 5 nitrogen and oxygen atoms in total. The number of pyridine rings is 1. The predicted molar refractivity (Wildman–Crippen MR) is 97.0 cm³/mol. The summed E-state index contributed by atoms with van der Waals surface area (Å²) in [6.45, 7) is 1.78. The average molecular weight is 352 g/mol. The third-order valence-electron chi connectivity index (χ3n) is 3.96. The van der Waals surface area contributed by atoms with Gasteiger partial charge in [-0.25, -0.2) is 4.39 Å². The lowest BCUT2D eigenvalue weighted by Crippen LogP contribution is -2.13. The van der Waals surface area contributed by atoms with E-state index >= 15 is 0 Å². The Hall–Kier alpha value is -3.41. The SMILES string of the molecule is COc1cc(-c2cncc(C(=O)Nc3cc(F)ccc3C)c2)ccc1O. The summed E-state index contributed by atoms with van der Waals surface area (Å²) in [5.74, 6) is -0.458. The first-order chi connectivity index (χ1) is 12.5. The molecule has 2 aromatic carbocycles. The lowest BCUT2D eigenvalue weighted by molar-refractivity contribution is 0.102. The molecule has 1 aromatic heterocycles. The van der Waals surface area contributed by atoms with Gasteiger partial charge in [-0.3, -0.25) is 9.78 Å². The Kier molecular flexibility index (Phi) is 4.84. The molecule has 0 fully saturated rings.